The minimum atomic E-state index is 0.587. The van der Waals surface area contributed by atoms with Gasteiger partial charge in [-0.2, -0.15) is 5.10 Å². The van der Waals surface area contributed by atoms with E-state index in [2.05, 4.69) is 22.3 Å². The fourth-order valence-corrected chi connectivity index (χ4v) is 1.81. The van der Waals surface area contributed by atoms with Crippen molar-refractivity contribution in [2.24, 2.45) is 5.92 Å². The molecule has 2 aromatic rings. The third-order valence-electron chi connectivity index (χ3n) is 2.70. The highest BCUT2D eigenvalue weighted by Crippen LogP contribution is 2.09. The Morgan fingerprint density at radius 2 is 2.35 bits per heavy atom. The van der Waals surface area contributed by atoms with Gasteiger partial charge in [0.2, 0.25) is 0 Å². The Bertz CT molecular complexity index is 468. The largest absolute Gasteiger partial charge is 0.370 e. The molecule has 0 aromatic carbocycles. The number of aromatic nitrogens is 3. The fraction of sp³-hybridized carbons (Fsp3) is 0.500. The molecule has 0 fully saturated rings. The number of fused-ring (bicyclic) bond motifs is 1. The highest BCUT2D eigenvalue weighted by Gasteiger charge is 2.00. The summed E-state index contributed by atoms with van der Waals surface area (Å²) in [4.78, 5) is 4.44. The maximum absolute atomic E-state index is 5.76. The predicted octanol–water partition coefficient (Wildman–Crippen LogP) is 2.80. The van der Waals surface area contributed by atoms with Crippen LogP contribution < -0.4 is 5.32 Å². The van der Waals surface area contributed by atoms with Crippen LogP contribution in [0.5, 0.6) is 0 Å². The molecule has 0 amide bonds. The molecule has 1 atom stereocenters. The number of hydrogen-bond donors (Lipinski definition) is 1. The Balaban J connectivity index is 1.82. The number of nitrogens with one attached hydrogen (secondary N) is 1. The third-order valence-corrected chi connectivity index (χ3v) is 3.23. The molecule has 2 rings (SSSR count). The summed E-state index contributed by atoms with van der Waals surface area (Å²) in [6.07, 6.45) is 5.91. The van der Waals surface area contributed by atoms with Gasteiger partial charge in [0.15, 0.2) is 5.65 Å². The lowest BCUT2D eigenvalue weighted by molar-refractivity contribution is 0.572. The van der Waals surface area contributed by atoms with E-state index >= 15 is 0 Å². The zero-order valence-electron chi connectivity index (χ0n) is 9.93. The molecule has 17 heavy (non-hydrogen) atoms. The van der Waals surface area contributed by atoms with Crippen LogP contribution in [0.4, 0.5) is 5.82 Å². The van der Waals surface area contributed by atoms with Gasteiger partial charge in [-0.3, -0.25) is 0 Å². The van der Waals surface area contributed by atoms with E-state index in [1.807, 2.05) is 18.3 Å². The quantitative estimate of drug-likeness (QED) is 0.635. The lowest BCUT2D eigenvalue weighted by Crippen LogP contribution is -2.06. The van der Waals surface area contributed by atoms with E-state index in [1.165, 1.54) is 0 Å². The van der Waals surface area contributed by atoms with Crippen LogP contribution in [-0.2, 0) is 0 Å². The van der Waals surface area contributed by atoms with Gasteiger partial charge < -0.3 is 5.32 Å². The summed E-state index contributed by atoms with van der Waals surface area (Å²) in [5.41, 5.74) is 0.865. The zero-order chi connectivity index (χ0) is 12.1. The summed E-state index contributed by atoms with van der Waals surface area (Å²) >= 11 is 5.76. The maximum atomic E-state index is 5.76. The molecule has 0 saturated heterocycles. The molecule has 5 heteroatoms. The molecule has 1 unspecified atom stereocenters. The van der Waals surface area contributed by atoms with E-state index in [0.717, 1.165) is 36.7 Å². The number of nitrogens with zero attached hydrogens (tertiary/aromatic N) is 3. The molecular formula is C12H17ClN4. The van der Waals surface area contributed by atoms with Gasteiger partial charge in [0, 0.05) is 24.7 Å². The first-order chi connectivity index (χ1) is 8.29. The molecule has 0 aliphatic carbocycles. The van der Waals surface area contributed by atoms with Crippen molar-refractivity contribution >= 4 is 23.1 Å². The Kier molecular flexibility index (Phi) is 4.20. The number of anilines is 1. The van der Waals surface area contributed by atoms with Crippen LogP contribution in [0.25, 0.3) is 5.65 Å². The van der Waals surface area contributed by atoms with Crippen LogP contribution >= 0.6 is 11.6 Å². The maximum Gasteiger partial charge on any atom is 0.157 e. The first-order valence-electron chi connectivity index (χ1n) is 5.90. The number of hydrogen-bond acceptors (Lipinski definition) is 3. The van der Waals surface area contributed by atoms with Crippen molar-refractivity contribution in [2.75, 3.05) is 17.7 Å². The highest BCUT2D eigenvalue weighted by molar-refractivity contribution is 6.18. The standard InChI is InChI=1S/C12H17ClN4/c1-10(9-13)3-2-6-14-11-5-8-17-12(16-11)4-7-15-17/h4-5,7-8,10H,2-3,6,9H2,1H3,(H,14,16). The van der Waals surface area contributed by atoms with Gasteiger partial charge in [0.05, 0.1) is 6.20 Å². The highest BCUT2D eigenvalue weighted by atomic mass is 35.5. The SMILES string of the molecule is CC(CCl)CCCNc1ccn2nccc2n1. The second kappa shape index (κ2) is 5.87. The Hall–Kier alpha value is -1.29. The molecule has 2 heterocycles. The lowest BCUT2D eigenvalue weighted by atomic mass is 10.1. The van der Waals surface area contributed by atoms with Crippen LogP contribution in [0.15, 0.2) is 24.5 Å². The summed E-state index contributed by atoms with van der Waals surface area (Å²) < 4.78 is 1.75. The molecule has 1 N–H and O–H groups in total. The van der Waals surface area contributed by atoms with Gasteiger partial charge in [-0.05, 0) is 24.8 Å². The normalized spacial score (nSPS) is 12.8. The molecule has 0 spiro atoms. The first-order valence-corrected chi connectivity index (χ1v) is 6.43. The van der Waals surface area contributed by atoms with Gasteiger partial charge in [0.1, 0.15) is 5.82 Å². The van der Waals surface area contributed by atoms with Crippen molar-refractivity contribution in [1.82, 2.24) is 14.6 Å². The smallest absolute Gasteiger partial charge is 0.157 e. The van der Waals surface area contributed by atoms with Gasteiger partial charge >= 0.3 is 0 Å². The Morgan fingerprint density at radius 1 is 1.47 bits per heavy atom. The van der Waals surface area contributed by atoms with Crippen LogP contribution in [0.1, 0.15) is 19.8 Å². The molecule has 0 aliphatic heterocycles. The fourth-order valence-electron chi connectivity index (χ4n) is 1.66. The topological polar surface area (TPSA) is 42.2 Å². The number of rotatable bonds is 6. The average Bonchev–Trinajstić information content (AvgIpc) is 2.81. The van der Waals surface area contributed by atoms with Crippen molar-refractivity contribution in [3.63, 3.8) is 0 Å². The summed E-state index contributed by atoms with van der Waals surface area (Å²) in [6, 6.07) is 3.83. The van der Waals surface area contributed by atoms with E-state index in [4.69, 9.17) is 11.6 Å². The average molecular weight is 253 g/mol. The van der Waals surface area contributed by atoms with Gasteiger partial charge in [0.25, 0.3) is 0 Å². The van der Waals surface area contributed by atoms with Crippen molar-refractivity contribution in [2.45, 2.75) is 19.8 Å². The zero-order valence-corrected chi connectivity index (χ0v) is 10.7. The molecule has 0 saturated carbocycles. The second-order valence-corrected chi connectivity index (χ2v) is 4.58. The van der Waals surface area contributed by atoms with E-state index in [0.29, 0.717) is 5.92 Å². The second-order valence-electron chi connectivity index (χ2n) is 4.28. The lowest BCUT2D eigenvalue weighted by Gasteiger charge is -2.08. The molecule has 2 aromatic heterocycles. The first kappa shape index (κ1) is 12.2. The third kappa shape index (κ3) is 3.33. The molecule has 4 nitrogen and oxygen atoms in total. The number of alkyl halides is 1. The summed E-state index contributed by atoms with van der Waals surface area (Å²) in [7, 11) is 0. The summed E-state index contributed by atoms with van der Waals surface area (Å²) in [5.74, 6) is 2.22. The van der Waals surface area contributed by atoms with Gasteiger partial charge in [-0.25, -0.2) is 9.50 Å². The van der Waals surface area contributed by atoms with Crippen molar-refractivity contribution in [3.05, 3.63) is 24.5 Å². The number of halogens is 1. The van der Waals surface area contributed by atoms with Crippen molar-refractivity contribution in [1.29, 1.82) is 0 Å². The van der Waals surface area contributed by atoms with Crippen LogP contribution in [0, 0.1) is 5.92 Å². The van der Waals surface area contributed by atoms with Crippen LogP contribution in [0.3, 0.4) is 0 Å². The Labute approximate surface area is 106 Å². The minimum absolute atomic E-state index is 0.587. The van der Waals surface area contributed by atoms with Crippen LogP contribution in [0.2, 0.25) is 0 Å². The van der Waals surface area contributed by atoms with Gasteiger partial charge in [-0.15, -0.1) is 11.6 Å². The van der Waals surface area contributed by atoms with E-state index in [-0.39, 0.29) is 0 Å². The van der Waals surface area contributed by atoms with Crippen molar-refractivity contribution < 1.29 is 0 Å². The van der Waals surface area contributed by atoms with E-state index in [9.17, 15) is 0 Å². The minimum Gasteiger partial charge on any atom is -0.370 e. The Morgan fingerprint density at radius 3 is 3.18 bits per heavy atom. The van der Waals surface area contributed by atoms with Gasteiger partial charge in [-0.1, -0.05) is 6.92 Å². The molecule has 0 aliphatic rings. The van der Waals surface area contributed by atoms with E-state index in [1.54, 1.807) is 10.7 Å². The summed E-state index contributed by atoms with van der Waals surface area (Å²) in [6.45, 7) is 3.10. The van der Waals surface area contributed by atoms with Crippen LogP contribution in [-0.4, -0.2) is 27.0 Å². The predicted molar refractivity (Wildman–Crippen MR) is 70.6 cm³/mol. The molecule has 92 valence electrons. The summed E-state index contributed by atoms with van der Waals surface area (Å²) in [5, 5.41) is 7.41. The molecular weight excluding hydrogens is 236 g/mol. The molecule has 0 bridgehead atoms. The molecule has 0 radical (unpaired) electrons. The van der Waals surface area contributed by atoms with Crippen molar-refractivity contribution in [3.8, 4) is 0 Å². The van der Waals surface area contributed by atoms with E-state index < -0.39 is 0 Å². The monoisotopic (exact) mass is 252 g/mol.